The molecule has 0 saturated carbocycles. The fourth-order valence-electron chi connectivity index (χ4n) is 5.66. The Hall–Kier alpha value is -4.08. The molecule has 3 heterocycles. The summed E-state index contributed by atoms with van der Waals surface area (Å²) in [4.78, 5) is 45.2. The van der Waals surface area contributed by atoms with Crippen LogP contribution in [-0.2, 0) is 25.6 Å². The summed E-state index contributed by atoms with van der Waals surface area (Å²) < 4.78 is 31.0. The van der Waals surface area contributed by atoms with Gasteiger partial charge in [0.2, 0.25) is 0 Å². The van der Waals surface area contributed by atoms with E-state index in [1.54, 1.807) is 42.8 Å². The number of ether oxygens (including phenoxy) is 3. The Kier molecular flexibility index (Phi) is 6.96. The zero-order chi connectivity index (χ0) is 27.9. The van der Waals surface area contributed by atoms with Crippen LogP contribution in [0.5, 0.6) is 0 Å². The summed E-state index contributed by atoms with van der Waals surface area (Å²) in [5.74, 6) is -1.28. The fourth-order valence-corrected chi connectivity index (χ4v) is 5.66. The molecule has 0 spiro atoms. The molecule has 3 aromatic rings. The molecule has 206 valence electrons. The number of amides is 2. The smallest absolute Gasteiger partial charge is 0.410 e. The summed E-state index contributed by atoms with van der Waals surface area (Å²) in [6.45, 7) is 6.94. The van der Waals surface area contributed by atoms with E-state index >= 15 is 0 Å². The number of hydrogen-bond acceptors (Lipinski definition) is 6. The maximum absolute atomic E-state index is 13.9. The van der Waals surface area contributed by atoms with E-state index < -0.39 is 41.9 Å². The predicted octanol–water partition coefficient (Wildman–Crippen LogP) is 4.96. The van der Waals surface area contributed by atoms with Crippen LogP contribution >= 0.6 is 0 Å². The molecule has 3 unspecified atom stereocenters. The average Bonchev–Trinajstić information content (AvgIpc) is 3.55. The van der Waals surface area contributed by atoms with Gasteiger partial charge in [-0.15, -0.1) is 0 Å². The first-order chi connectivity index (χ1) is 18.5. The highest BCUT2D eigenvalue weighted by Gasteiger charge is 2.59. The van der Waals surface area contributed by atoms with Crippen LogP contribution < -0.4 is 0 Å². The SMILES string of the molecule is CC(=O)O[C@@H]1CN(C(=O)OC(C)(C)C)C2C(c3c[nH]c4cc(F)ccc34)CN(C(=O)OCc3ccccc3)C21. The van der Waals surface area contributed by atoms with E-state index in [0.717, 1.165) is 16.5 Å². The van der Waals surface area contributed by atoms with Crippen molar-refractivity contribution in [3.63, 3.8) is 0 Å². The first-order valence-corrected chi connectivity index (χ1v) is 12.9. The summed E-state index contributed by atoms with van der Waals surface area (Å²) in [7, 11) is 0. The Morgan fingerprint density at radius 2 is 1.72 bits per heavy atom. The van der Waals surface area contributed by atoms with Crippen LogP contribution in [0.1, 0.15) is 44.7 Å². The number of halogens is 1. The quantitative estimate of drug-likeness (QED) is 0.373. The standard InChI is InChI=1S/C29H32FN3O6/c1-17(34)38-24-15-33(28(36)39-29(2,3)4)25-22(21-13-31-23-12-19(30)10-11-20(21)23)14-32(26(24)25)27(35)37-16-18-8-6-5-7-9-18/h5-13,22,24-26,31H,14-16H2,1-4H3/t22?,24-,25?,26?/m1/s1. The van der Waals surface area contributed by atoms with Crippen molar-refractivity contribution in [2.45, 2.75) is 64.0 Å². The van der Waals surface area contributed by atoms with Gasteiger partial charge in [0.05, 0.1) is 18.6 Å². The first kappa shape index (κ1) is 26.5. The zero-order valence-corrected chi connectivity index (χ0v) is 22.3. The second kappa shape index (κ2) is 10.2. The van der Waals surface area contributed by atoms with Crippen LogP contribution in [0.2, 0.25) is 0 Å². The number of carbonyl (C=O) groups is 3. The molecular formula is C29H32FN3O6. The Bertz CT molecular complexity index is 1380. The minimum Gasteiger partial charge on any atom is -0.458 e. The number of fused-ring (bicyclic) bond motifs is 2. The first-order valence-electron chi connectivity index (χ1n) is 12.9. The van der Waals surface area contributed by atoms with Crippen molar-refractivity contribution in [2.24, 2.45) is 0 Å². The molecule has 1 N–H and O–H groups in total. The van der Waals surface area contributed by atoms with Crippen molar-refractivity contribution >= 4 is 29.1 Å². The van der Waals surface area contributed by atoms with Crippen molar-refractivity contribution < 1.29 is 33.0 Å². The molecular weight excluding hydrogens is 505 g/mol. The number of aromatic nitrogens is 1. The van der Waals surface area contributed by atoms with Crippen LogP contribution in [0.4, 0.5) is 14.0 Å². The molecule has 5 rings (SSSR count). The van der Waals surface area contributed by atoms with Gasteiger partial charge in [-0.05, 0) is 50.1 Å². The summed E-state index contributed by atoms with van der Waals surface area (Å²) in [5, 5.41) is 0.778. The predicted molar refractivity (Wildman–Crippen MR) is 140 cm³/mol. The lowest BCUT2D eigenvalue weighted by Gasteiger charge is -2.30. The summed E-state index contributed by atoms with van der Waals surface area (Å²) in [5.41, 5.74) is 1.49. The third kappa shape index (κ3) is 5.41. The van der Waals surface area contributed by atoms with E-state index in [0.29, 0.717) is 5.52 Å². The van der Waals surface area contributed by atoms with Crippen molar-refractivity contribution in [3.05, 3.63) is 71.7 Å². The molecule has 10 heteroatoms. The molecule has 0 bridgehead atoms. The lowest BCUT2D eigenvalue weighted by Crippen LogP contribution is -2.46. The maximum Gasteiger partial charge on any atom is 0.410 e. The van der Waals surface area contributed by atoms with Gasteiger partial charge in [-0.1, -0.05) is 30.3 Å². The normalized spacial score (nSPS) is 22.6. The number of benzene rings is 2. The second-order valence-electron chi connectivity index (χ2n) is 11.0. The number of likely N-dealkylation sites (tertiary alicyclic amines) is 2. The Balaban J connectivity index is 1.53. The van der Waals surface area contributed by atoms with Gasteiger partial charge in [-0.25, -0.2) is 14.0 Å². The highest BCUT2D eigenvalue weighted by atomic mass is 19.1. The molecule has 1 aromatic heterocycles. The third-order valence-corrected chi connectivity index (χ3v) is 7.09. The number of nitrogens with one attached hydrogen (secondary N) is 1. The van der Waals surface area contributed by atoms with Gasteiger partial charge in [-0.3, -0.25) is 14.6 Å². The van der Waals surface area contributed by atoms with Crippen molar-refractivity contribution in [1.82, 2.24) is 14.8 Å². The molecule has 4 atom stereocenters. The molecule has 2 aromatic carbocycles. The minimum absolute atomic E-state index is 0.0553. The van der Waals surface area contributed by atoms with E-state index in [-0.39, 0.29) is 31.4 Å². The van der Waals surface area contributed by atoms with Gasteiger partial charge in [0.1, 0.15) is 24.1 Å². The van der Waals surface area contributed by atoms with E-state index in [9.17, 15) is 18.8 Å². The van der Waals surface area contributed by atoms with Crippen molar-refractivity contribution in [2.75, 3.05) is 13.1 Å². The molecule has 2 aliphatic heterocycles. The average molecular weight is 538 g/mol. The molecule has 2 amide bonds. The van der Waals surface area contributed by atoms with E-state index in [4.69, 9.17) is 14.2 Å². The maximum atomic E-state index is 13.9. The topological polar surface area (TPSA) is 101 Å². The van der Waals surface area contributed by atoms with Crippen molar-refractivity contribution in [3.8, 4) is 0 Å². The van der Waals surface area contributed by atoms with Gasteiger partial charge in [0, 0.05) is 36.5 Å². The molecule has 2 saturated heterocycles. The molecule has 9 nitrogen and oxygen atoms in total. The number of esters is 1. The number of carbonyl (C=O) groups excluding carboxylic acids is 3. The largest absolute Gasteiger partial charge is 0.458 e. The Morgan fingerprint density at radius 3 is 2.41 bits per heavy atom. The summed E-state index contributed by atoms with van der Waals surface area (Å²) in [6.07, 6.45) is -0.151. The Morgan fingerprint density at radius 1 is 1.00 bits per heavy atom. The van der Waals surface area contributed by atoms with Crippen LogP contribution in [0.25, 0.3) is 10.9 Å². The fraction of sp³-hybridized carbons (Fsp3) is 0.414. The number of nitrogens with zero attached hydrogens (tertiary/aromatic N) is 2. The van der Waals surface area contributed by atoms with Gasteiger partial charge in [0.15, 0.2) is 0 Å². The molecule has 0 aliphatic carbocycles. The lowest BCUT2D eigenvalue weighted by atomic mass is 9.91. The van der Waals surface area contributed by atoms with E-state index in [1.807, 2.05) is 30.3 Å². The highest BCUT2D eigenvalue weighted by Crippen LogP contribution is 2.44. The van der Waals surface area contributed by atoms with Gasteiger partial charge < -0.3 is 19.2 Å². The van der Waals surface area contributed by atoms with Crippen molar-refractivity contribution in [1.29, 1.82) is 0 Å². The van der Waals surface area contributed by atoms with Gasteiger partial charge >= 0.3 is 18.2 Å². The highest BCUT2D eigenvalue weighted by molar-refractivity contribution is 5.84. The van der Waals surface area contributed by atoms with Crippen LogP contribution in [0.3, 0.4) is 0 Å². The molecule has 0 radical (unpaired) electrons. The second-order valence-corrected chi connectivity index (χ2v) is 11.0. The van der Waals surface area contributed by atoms with E-state index in [1.165, 1.54) is 19.1 Å². The molecule has 39 heavy (non-hydrogen) atoms. The van der Waals surface area contributed by atoms with Gasteiger partial charge in [0.25, 0.3) is 0 Å². The monoisotopic (exact) mass is 537 g/mol. The van der Waals surface area contributed by atoms with Crippen LogP contribution in [0, 0.1) is 5.82 Å². The minimum atomic E-state index is -0.781. The summed E-state index contributed by atoms with van der Waals surface area (Å²) >= 11 is 0. The van der Waals surface area contributed by atoms with Gasteiger partial charge in [-0.2, -0.15) is 0 Å². The van der Waals surface area contributed by atoms with E-state index in [2.05, 4.69) is 4.98 Å². The molecule has 2 aliphatic rings. The van der Waals surface area contributed by atoms with Crippen LogP contribution in [0.15, 0.2) is 54.7 Å². The number of H-pyrrole nitrogens is 1. The lowest BCUT2D eigenvalue weighted by molar-refractivity contribution is -0.147. The Labute approximate surface area is 225 Å². The molecule has 2 fully saturated rings. The zero-order valence-electron chi connectivity index (χ0n) is 22.3. The number of aromatic amines is 1. The summed E-state index contributed by atoms with van der Waals surface area (Å²) in [6, 6.07) is 12.5. The third-order valence-electron chi connectivity index (χ3n) is 7.09. The van der Waals surface area contributed by atoms with Crippen LogP contribution in [-0.4, -0.2) is 69.8 Å². The number of rotatable bonds is 4. The number of hydrogen-bond donors (Lipinski definition) is 1.